The number of phenols is 1. The number of aliphatic hydroxyl groups is 1. The van der Waals surface area contributed by atoms with E-state index in [2.05, 4.69) is 5.32 Å². The van der Waals surface area contributed by atoms with Crippen LogP contribution in [0, 0.1) is 0 Å². The first kappa shape index (κ1) is 9.49. The molecular weight excluding hydrogens is 178 g/mol. The Kier molecular flexibility index (Phi) is 2.44. The van der Waals surface area contributed by atoms with E-state index in [0.29, 0.717) is 0 Å². The second-order valence-corrected chi connectivity index (χ2v) is 3.82. The van der Waals surface area contributed by atoms with Crippen LogP contribution < -0.4 is 5.32 Å². The van der Waals surface area contributed by atoms with Gasteiger partial charge in [0.05, 0.1) is 12.1 Å². The average Bonchev–Trinajstić information content (AvgIpc) is 2.67. The first-order chi connectivity index (χ1) is 6.77. The van der Waals surface area contributed by atoms with E-state index in [1.54, 1.807) is 12.1 Å². The highest BCUT2D eigenvalue weighted by atomic mass is 16.3. The summed E-state index contributed by atoms with van der Waals surface area (Å²) >= 11 is 0. The minimum absolute atomic E-state index is 0.0798. The van der Waals surface area contributed by atoms with E-state index < -0.39 is 0 Å². The summed E-state index contributed by atoms with van der Waals surface area (Å²) in [5.41, 5.74) is 0.635. The zero-order valence-corrected chi connectivity index (χ0v) is 8.03. The first-order valence-corrected chi connectivity index (χ1v) is 4.92. The Balaban J connectivity index is 2.35. The second kappa shape index (κ2) is 3.59. The van der Waals surface area contributed by atoms with Gasteiger partial charge in [-0.05, 0) is 37.1 Å². The van der Waals surface area contributed by atoms with Gasteiger partial charge in [-0.1, -0.05) is 12.1 Å². The molecule has 1 atom stereocenters. The van der Waals surface area contributed by atoms with Crippen LogP contribution in [0.3, 0.4) is 0 Å². The quantitative estimate of drug-likeness (QED) is 0.656. The first-order valence-electron chi connectivity index (χ1n) is 4.92. The van der Waals surface area contributed by atoms with Crippen molar-refractivity contribution < 1.29 is 10.2 Å². The van der Waals surface area contributed by atoms with Crippen molar-refractivity contribution in [2.45, 2.75) is 18.4 Å². The largest absolute Gasteiger partial charge is 0.508 e. The lowest BCUT2D eigenvalue weighted by molar-refractivity contribution is 0.178. The Labute approximate surface area is 83.4 Å². The van der Waals surface area contributed by atoms with Crippen LogP contribution in [0.5, 0.6) is 5.75 Å². The molecule has 1 aromatic carbocycles. The number of rotatable bonds is 2. The normalized spacial score (nSPS) is 26.6. The van der Waals surface area contributed by atoms with Crippen molar-refractivity contribution in [1.82, 2.24) is 5.32 Å². The molecular formula is C11H15NO2. The van der Waals surface area contributed by atoms with E-state index in [4.69, 9.17) is 0 Å². The third-order valence-corrected chi connectivity index (χ3v) is 2.91. The fourth-order valence-corrected chi connectivity index (χ4v) is 2.08. The molecule has 0 aliphatic carbocycles. The molecule has 1 aliphatic rings. The molecule has 0 aromatic heterocycles. The van der Waals surface area contributed by atoms with Crippen LogP contribution in [0.4, 0.5) is 0 Å². The summed E-state index contributed by atoms with van der Waals surface area (Å²) in [5.74, 6) is 0.254. The number of aromatic hydroxyl groups is 1. The Hall–Kier alpha value is -1.06. The summed E-state index contributed by atoms with van der Waals surface area (Å²) in [7, 11) is 0. The summed E-state index contributed by atoms with van der Waals surface area (Å²) in [6, 6.07) is 7.11. The van der Waals surface area contributed by atoms with E-state index in [-0.39, 0.29) is 17.9 Å². The summed E-state index contributed by atoms with van der Waals surface area (Å²) in [4.78, 5) is 0. The van der Waals surface area contributed by atoms with Gasteiger partial charge in [-0.15, -0.1) is 0 Å². The Morgan fingerprint density at radius 2 is 2.29 bits per heavy atom. The summed E-state index contributed by atoms with van der Waals surface area (Å²) in [6.45, 7) is 1.01. The molecule has 1 aliphatic heterocycles. The monoisotopic (exact) mass is 193 g/mol. The van der Waals surface area contributed by atoms with Gasteiger partial charge < -0.3 is 15.5 Å². The van der Waals surface area contributed by atoms with E-state index in [1.165, 1.54) is 0 Å². The average molecular weight is 193 g/mol. The van der Waals surface area contributed by atoms with Gasteiger partial charge in [0.15, 0.2) is 0 Å². The minimum atomic E-state index is -0.335. The predicted molar refractivity (Wildman–Crippen MR) is 54.1 cm³/mol. The summed E-state index contributed by atoms with van der Waals surface area (Å²) < 4.78 is 0. The van der Waals surface area contributed by atoms with E-state index in [0.717, 1.165) is 24.9 Å². The van der Waals surface area contributed by atoms with Crippen LogP contribution in [0.1, 0.15) is 18.4 Å². The highest BCUT2D eigenvalue weighted by Gasteiger charge is 2.34. The highest BCUT2D eigenvalue weighted by molar-refractivity contribution is 5.33. The van der Waals surface area contributed by atoms with Gasteiger partial charge in [0, 0.05) is 0 Å². The lowest BCUT2D eigenvalue weighted by atomic mass is 9.89. The molecule has 0 bridgehead atoms. The van der Waals surface area contributed by atoms with Gasteiger partial charge in [0.1, 0.15) is 5.75 Å². The van der Waals surface area contributed by atoms with Gasteiger partial charge in [-0.3, -0.25) is 0 Å². The standard InChI is InChI=1S/C11H15NO2/c13-8-11(5-2-6-12-11)9-3-1-4-10(14)7-9/h1,3-4,7,12-14H,2,5-6,8H2. The van der Waals surface area contributed by atoms with E-state index >= 15 is 0 Å². The number of hydrogen-bond acceptors (Lipinski definition) is 3. The molecule has 0 spiro atoms. The third kappa shape index (κ3) is 1.49. The number of aliphatic hydroxyl groups excluding tert-OH is 1. The molecule has 1 unspecified atom stereocenters. The molecule has 1 heterocycles. The van der Waals surface area contributed by atoms with Crippen LogP contribution in [-0.2, 0) is 5.54 Å². The molecule has 0 amide bonds. The Morgan fingerprint density at radius 3 is 2.86 bits per heavy atom. The van der Waals surface area contributed by atoms with Crippen molar-refractivity contribution in [3.63, 3.8) is 0 Å². The van der Waals surface area contributed by atoms with Crippen molar-refractivity contribution in [3.05, 3.63) is 29.8 Å². The minimum Gasteiger partial charge on any atom is -0.508 e. The fourth-order valence-electron chi connectivity index (χ4n) is 2.08. The van der Waals surface area contributed by atoms with Crippen molar-refractivity contribution in [2.75, 3.05) is 13.2 Å². The molecule has 0 radical (unpaired) electrons. The molecule has 14 heavy (non-hydrogen) atoms. The van der Waals surface area contributed by atoms with Crippen LogP contribution in [0.15, 0.2) is 24.3 Å². The lowest BCUT2D eigenvalue weighted by Gasteiger charge is -2.27. The van der Waals surface area contributed by atoms with Gasteiger partial charge in [-0.2, -0.15) is 0 Å². The smallest absolute Gasteiger partial charge is 0.115 e. The molecule has 76 valence electrons. The molecule has 1 saturated heterocycles. The zero-order valence-electron chi connectivity index (χ0n) is 8.03. The van der Waals surface area contributed by atoms with Gasteiger partial charge in [-0.25, -0.2) is 0 Å². The second-order valence-electron chi connectivity index (χ2n) is 3.82. The maximum Gasteiger partial charge on any atom is 0.115 e. The van der Waals surface area contributed by atoms with Crippen LogP contribution in [0.25, 0.3) is 0 Å². The lowest BCUT2D eigenvalue weighted by Crippen LogP contribution is -2.40. The molecule has 3 N–H and O–H groups in total. The van der Waals surface area contributed by atoms with Crippen LogP contribution in [-0.4, -0.2) is 23.4 Å². The van der Waals surface area contributed by atoms with Crippen molar-refractivity contribution in [3.8, 4) is 5.75 Å². The fraction of sp³-hybridized carbons (Fsp3) is 0.455. The number of nitrogens with one attached hydrogen (secondary N) is 1. The van der Waals surface area contributed by atoms with Crippen molar-refractivity contribution in [1.29, 1.82) is 0 Å². The van der Waals surface area contributed by atoms with E-state index in [9.17, 15) is 10.2 Å². The third-order valence-electron chi connectivity index (χ3n) is 2.91. The maximum absolute atomic E-state index is 9.42. The number of hydrogen-bond donors (Lipinski definition) is 3. The summed E-state index contributed by atoms with van der Waals surface area (Å²) in [6.07, 6.45) is 1.99. The van der Waals surface area contributed by atoms with Crippen LogP contribution in [0.2, 0.25) is 0 Å². The zero-order chi connectivity index (χ0) is 10.0. The van der Waals surface area contributed by atoms with Crippen molar-refractivity contribution in [2.24, 2.45) is 0 Å². The van der Waals surface area contributed by atoms with Crippen molar-refractivity contribution >= 4 is 0 Å². The van der Waals surface area contributed by atoms with Gasteiger partial charge in [0.25, 0.3) is 0 Å². The predicted octanol–water partition coefficient (Wildman–Crippen LogP) is 0.963. The SMILES string of the molecule is OCC1(c2cccc(O)c2)CCCN1. The molecule has 1 aromatic rings. The number of benzene rings is 1. The maximum atomic E-state index is 9.42. The van der Waals surface area contributed by atoms with Gasteiger partial charge >= 0.3 is 0 Å². The molecule has 2 rings (SSSR count). The summed E-state index contributed by atoms with van der Waals surface area (Å²) in [5, 5.41) is 22.1. The van der Waals surface area contributed by atoms with Crippen LogP contribution >= 0.6 is 0 Å². The number of phenolic OH excluding ortho intramolecular Hbond substituents is 1. The molecule has 0 saturated carbocycles. The Bertz CT molecular complexity index is 319. The molecule has 1 fully saturated rings. The highest BCUT2D eigenvalue weighted by Crippen LogP contribution is 2.31. The molecule has 3 heteroatoms. The van der Waals surface area contributed by atoms with E-state index in [1.807, 2.05) is 12.1 Å². The van der Waals surface area contributed by atoms with Gasteiger partial charge in [0.2, 0.25) is 0 Å². The Morgan fingerprint density at radius 1 is 1.43 bits per heavy atom. The topological polar surface area (TPSA) is 52.5 Å². The molecule has 3 nitrogen and oxygen atoms in total.